The van der Waals surface area contributed by atoms with Crippen LogP contribution >= 0.6 is 0 Å². The smallest absolute Gasteiger partial charge is 0.323 e. The van der Waals surface area contributed by atoms with Gasteiger partial charge in [-0.3, -0.25) is 4.98 Å². The van der Waals surface area contributed by atoms with Crippen molar-refractivity contribution in [3.05, 3.63) is 48.0 Å². The molecule has 1 aromatic carbocycles. The maximum atomic E-state index is 14.0. The van der Waals surface area contributed by atoms with Crippen LogP contribution in [0.1, 0.15) is 26.0 Å². The molecular formula is C20H25FN4O4S. The fourth-order valence-corrected chi connectivity index (χ4v) is 4.38. The van der Waals surface area contributed by atoms with E-state index in [2.05, 4.69) is 15.6 Å². The molecule has 1 aromatic heterocycles. The number of ether oxygens (including phenoxy) is 1. The van der Waals surface area contributed by atoms with E-state index in [1.165, 1.54) is 28.7 Å². The van der Waals surface area contributed by atoms with Crippen molar-refractivity contribution in [1.29, 1.82) is 0 Å². The molecule has 2 N–H and O–H groups in total. The number of urea groups is 1. The summed E-state index contributed by atoms with van der Waals surface area (Å²) in [4.78, 5) is 16.3. The van der Waals surface area contributed by atoms with Crippen LogP contribution in [0.15, 0.2) is 36.5 Å². The fraction of sp³-hybridized carbons (Fsp3) is 0.400. The number of carbonyl (C=O) groups excluding carboxylic acids is 1. The molecule has 30 heavy (non-hydrogen) atoms. The van der Waals surface area contributed by atoms with Crippen molar-refractivity contribution < 1.29 is 22.3 Å². The number of benzene rings is 1. The number of rotatable bonds is 6. The predicted molar refractivity (Wildman–Crippen MR) is 113 cm³/mol. The van der Waals surface area contributed by atoms with Crippen LogP contribution < -0.4 is 15.4 Å². The van der Waals surface area contributed by atoms with Gasteiger partial charge in [-0.15, -0.1) is 0 Å². The van der Waals surface area contributed by atoms with Crippen molar-refractivity contribution in [2.75, 3.05) is 23.7 Å². The van der Waals surface area contributed by atoms with Gasteiger partial charge in [0.05, 0.1) is 23.7 Å². The quantitative estimate of drug-likeness (QED) is 0.723. The Hall–Kier alpha value is -2.72. The molecule has 0 radical (unpaired) electrons. The Kier molecular flexibility index (Phi) is 6.57. The SMILES string of the molecule is Cc1ccc(NC(=O)Nc2cc(F)cc(OC3CCN(S(=O)(=O)C(C)C)C3)c2)cn1. The molecule has 0 bridgehead atoms. The summed E-state index contributed by atoms with van der Waals surface area (Å²) in [6.45, 7) is 5.66. The van der Waals surface area contributed by atoms with E-state index in [1.54, 1.807) is 26.0 Å². The summed E-state index contributed by atoms with van der Waals surface area (Å²) in [6.07, 6.45) is 1.64. The molecule has 2 amide bonds. The van der Waals surface area contributed by atoms with E-state index < -0.39 is 27.1 Å². The number of hydrogen-bond acceptors (Lipinski definition) is 5. The third kappa shape index (κ3) is 5.45. The minimum atomic E-state index is -3.36. The van der Waals surface area contributed by atoms with Gasteiger partial charge in [0.25, 0.3) is 0 Å². The molecule has 10 heteroatoms. The van der Waals surface area contributed by atoms with E-state index in [4.69, 9.17) is 4.74 Å². The first-order valence-electron chi connectivity index (χ1n) is 9.60. The highest BCUT2D eigenvalue weighted by atomic mass is 32.2. The van der Waals surface area contributed by atoms with Crippen LogP contribution in [0, 0.1) is 12.7 Å². The van der Waals surface area contributed by atoms with E-state index in [0.29, 0.717) is 18.7 Å². The summed E-state index contributed by atoms with van der Waals surface area (Å²) in [6, 6.07) is 6.78. The van der Waals surface area contributed by atoms with Gasteiger partial charge in [0.2, 0.25) is 10.0 Å². The van der Waals surface area contributed by atoms with Crippen molar-refractivity contribution in [2.45, 2.75) is 38.5 Å². The van der Waals surface area contributed by atoms with Crippen molar-refractivity contribution in [3.63, 3.8) is 0 Å². The molecule has 8 nitrogen and oxygen atoms in total. The number of nitrogens with one attached hydrogen (secondary N) is 2. The molecule has 2 heterocycles. The van der Waals surface area contributed by atoms with Gasteiger partial charge in [-0.05, 0) is 45.4 Å². The molecule has 0 saturated carbocycles. The number of nitrogens with zero attached hydrogens (tertiary/aromatic N) is 2. The number of carbonyl (C=O) groups is 1. The first-order valence-corrected chi connectivity index (χ1v) is 11.1. The number of pyridine rings is 1. The minimum Gasteiger partial charge on any atom is -0.489 e. The van der Waals surface area contributed by atoms with Crippen molar-refractivity contribution in [2.24, 2.45) is 0 Å². The van der Waals surface area contributed by atoms with Crippen LogP contribution in [0.5, 0.6) is 5.75 Å². The molecule has 1 saturated heterocycles. The molecule has 1 aliphatic heterocycles. The highest BCUT2D eigenvalue weighted by Gasteiger charge is 2.34. The molecular weight excluding hydrogens is 411 g/mol. The number of sulfonamides is 1. The Bertz CT molecular complexity index is 1010. The Labute approximate surface area is 175 Å². The Morgan fingerprint density at radius 1 is 1.23 bits per heavy atom. The fourth-order valence-electron chi connectivity index (χ4n) is 3.05. The van der Waals surface area contributed by atoms with Gasteiger partial charge in [-0.25, -0.2) is 17.6 Å². The number of halogens is 1. The highest BCUT2D eigenvalue weighted by molar-refractivity contribution is 7.89. The van der Waals surface area contributed by atoms with Crippen molar-refractivity contribution in [1.82, 2.24) is 9.29 Å². The molecule has 2 aromatic rings. The maximum absolute atomic E-state index is 14.0. The monoisotopic (exact) mass is 436 g/mol. The van der Waals surface area contributed by atoms with Gasteiger partial charge in [0, 0.05) is 30.1 Å². The normalized spacial score (nSPS) is 17.2. The van der Waals surface area contributed by atoms with Gasteiger partial charge in [0.1, 0.15) is 17.7 Å². The van der Waals surface area contributed by atoms with Crippen LogP contribution in [0.2, 0.25) is 0 Å². The van der Waals surface area contributed by atoms with Crippen LogP contribution in [0.25, 0.3) is 0 Å². The number of aromatic nitrogens is 1. The zero-order valence-corrected chi connectivity index (χ0v) is 17.9. The Morgan fingerprint density at radius 3 is 2.63 bits per heavy atom. The Morgan fingerprint density at radius 2 is 1.97 bits per heavy atom. The minimum absolute atomic E-state index is 0.209. The van der Waals surface area contributed by atoms with Gasteiger partial charge < -0.3 is 15.4 Å². The zero-order valence-electron chi connectivity index (χ0n) is 17.1. The van der Waals surface area contributed by atoms with Crippen molar-refractivity contribution >= 4 is 27.4 Å². The second kappa shape index (κ2) is 8.97. The summed E-state index contributed by atoms with van der Waals surface area (Å²) in [7, 11) is -3.36. The molecule has 0 aliphatic carbocycles. The molecule has 3 rings (SSSR count). The summed E-state index contributed by atoms with van der Waals surface area (Å²) in [5.74, 6) is -0.361. The lowest BCUT2D eigenvalue weighted by atomic mass is 10.2. The number of hydrogen-bond donors (Lipinski definition) is 2. The summed E-state index contributed by atoms with van der Waals surface area (Å²) in [5.41, 5.74) is 1.54. The van der Waals surface area contributed by atoms with E-state index in [0.717, 1.165) is 5.69 Å². The molecule has 1 fully saturated rings. The molecule has 1 aliphatic rings. The van der Waals surface area contributed by atoms with E-state index in [9.17, 15) is 17.6 Å². The van der Waals surface area contributed by atoms with Crippen molar-refractivity contribution in [3.8, 4) is 5.75 Å². The first-order chi connectivity index (χ1) is 14.1. The van der Waals surface area contributed by atoms with E-state index in [-0.39, 0.29) is 24.1 Å². The average molecular weight is 437 g/mol. The number of anilines is 2. The highest BCUT2D eigenvalue weighted by Crippen LogP contribution is 2.25. The molecule has 0 spiro atoms. The lowest BCUT2D eigenvalue weighted by molar-refractivity contribution is 0.214. The van der Waals surface area contributed by atoms with Gasteiger partial charge in [0.15, 0.2) is 0 Å². The second-order valence-corrected chi connectivity index (χ2v) is 9.91. The summed E-state index contributed by atoms with van der Waals surface area (Å²) in [5, 5.41) is 4.66. The molecule has 1 unspecified atom stereocenters. The van der Waals surface area contributed by atoms with Crippen LogP contribution in [-0.2, 0) is 10.0 Å². The maximum Gasteiger partial charge on any atom is 0.323 e. The lowest BCUT2D eigenvalue weighted by Gasteiger charge is -2.19. The van der Waals surface area contributed by atoms with Gasteiger partial charge in [-0.1, -0.05) is 0 Å². The molecule has 162 valence electrons. The van der Waals surface area contributed by atoms with Crippen LogP contribution in [0.3, 0.4) is 0 Å². The second-order valence-electron chi connectivity index (χ2n) is 7.42. The third-order valence-electron chi connectivity index (χ3n) is 4.66. The van der Waals surface area contributed by atoms with Gasteiger partial charge in [-0.2, -0.15) is 4.31 Å². The summed E-state index contributed by atoms with van der Waals surface area (Å²) >= 11 is 0. The van der Waals surface area contributed by atoms with E-state index in [1.807, 2.05) is 6.92 Å². The Balaban J connectivity index is 1.63. The van der Waals surface area contributed by atoms with Crippen LogP contribution in [-0.4, -0.2) is 48.2 Å². The van der Waals surface area contributed by atoms with Gasteiger partial charge >= 0.3 is 6.03 Å². The topological polar surface area (TPSA) is 101 Å². The lowest BCUT2D eigenvalue weighted by Crippen LogP contribution is -2.35. The number of aryl methyl sites for hydroxylation is 1. The molecule has 1 atom stereocenters. The van der Waals surface area contributed by atoms with Crippen LogP contribution in [0.4, 0.5) is 20.6 Å². The first kappa shape index (κ1) is 22.0. The average Bonchev–Trinajstić information content (AvgIpc) is 3.12. The van der Waals surface area contributed by atoms with E-state index >= 15 is 0 Å². The largest absolute Gasteiger partial charge is 0.489 e. The zero-order chi connectivity index (χ0) is 21.9. The predicted octanol–water partition coefficient (Wildman–Crippen LogP) is 3.36. The standard InChI is InChI=1S/C20H25FN4O4S/c1-13(2)30(27,28)25-7-6-18(12-25)29-19-9-15(21)8-17(10-19)24-20(26)23-16-5-4-14(3)22-11-16/h4-5,8-11,13,18H,6-7,12H2,1-3H3,(H2,23,24,26). The number of amides is 2. The third-order valence-corrected chi connectivity index (χ3v) is 6.91. The summed E-state index contributed by atoms with van der Waals surface area (Å²) < 4.78 is 45.8.